The fraction of sp³-hybridized carbons (Fsp3) is 0.588. The van der Waals surface area contributed by atoms with Crippen LogP contribution in [0.4, 0.5) is 13.2 Å². The molecule has 3 nitrogen and oxygen atoms in total. The number of piperidine rings is 1. The van der Waals surface area contributed by atoms with E-state index in [1.165, 1.54) is 23.9 Å². The van der Waals surface area contributed by atoms with Crippen molar-refractivity contribution in [1.82, 2.24) is 10.2 Å². The van der Waals surface area contributed by atoms with Crippen molar-refractivity contribution >= 4 is 17.7 Å². The van der Waals surface area contributed by atoms with Crippen molar-refractivity contribution in [3.05, 3.63) is 35.4 Å². The number of nitrogens with zero attached hydrogens (tertiary/aromatic N) is 1. The summed E-state index contributed by atoms with van der Waals surface area (Å²) in [4.78, 5) is 14.4. The Morgan fingerprint density at radius 3 is 2.42 bits per heavy atom. The van der Waals surface area contributed by atoms with Gasteiger partial charge in [0.2, 0.25) is 5.91 Å². The molecule has 2 aliphatic rings. The van der Waals surface area contributed by atoms with Crippen LogP contribution in [0.1, 0.15) is 36.3 Å². The lowest BCUT2D eigenvalue weighted by molar-refractivity contribution is -0.137. The summed E-state index contributed by atoms with van der Waals surface area (Å²) in [7, 11) is 0. The topological polar surface area (TPSA) is 32.3 Å². The Balaban J connectivity index is 1.77. The summed E-state index contributed by atoms with van der Waals surface area (Å²) in [5.41, 5.74) is 0.109. The fourth-order valence-corrected chi connectivity index (χ4v) is 4.59. The van der Waals surface area contributed by atoms with Crippen molar-refractivity contribution in [3.8, 4) is 0 Å². The van der Waals surface area contributed by atoms with Crippen molar-refractivity contribution in [2.75, 3.05) is 19.6 Å². The number of hydrogen-bond donors (Lipinski definition) is 1. The summed E-state index contributed by atoms with van der Waals surface area (Å²) in [5.74, 6) is 0.543. The van der Waals surface area contributed by atoms with Crippen molar-refractivity contribution < 1.29 is 18.0 Å². The average Bonchev–Trinajstić information content (AvgIpc) is 2.84. The maximum atomic E-state index is 12.7. The zero-order valence-corrected chi connectivity index (χ0v) is 14.3. The molecule has 1 aromatic carbocycles. The van der Waals surface area contributed by atoms with E-state index < -0.39 is 11.7 Å². The van der Waals surface area contributed by atoms with Gasteiger partial charge in [0, 0.05) is 6.54 Å². The Bertz CT molecular complexity index is 584. The molecular weight excluding hydrogens is 337 g/mol. The van der Waals surface area contributed by atoms with Gasteiger partial charge in [-0.1, -0.05) is 12.1 Å². The minimum atomic E-state index is -4.33. The van der Waals surface area contributed by atoms with E-state index in [2.05, 4.69) is 5.32 Å². The van der Waals surface area contributed by atoms with Gasteiger partial charge in [0.15, 0.2) is 0 Å². The van der Waals surface area contributed by atoms with Crippen molar-refractivity contribution in [1.29, 1.82) is 0 Å². The smallest absolute Gasteiger partial charge is 0.325 e. The van der Waals surface area contributed by atoms with E-state index in [1.54, 1.807) is 0 Å². The van der Waals surface area contributed by atoms with Crippen LogP contribution in [-0.2, 0) is 11.0 Å². The normalized spacial score (nSPS) is 26.2. The molecule has 7 heteroatoms. The first-order valence-electron chi connectivity index (χ1n) is 8.20. The molecule has 2 fully saturated rings. The molecule has 0 bridgehead atoms. The fourth-order valence-electron chi connectivity index (χ4n) is 3.30. The summed E-state index contributed by atoms with van der Waals surface area (Å²) in [5, 5.41) is 2.96. The highest BCUT2D eigenvalue weighted by Crippen LogP contribution is 2.44. The van der Waals surface area contributed by atoms with E-state index in [1.807, 2.05) is 11.8 Å². The number of carbonyl (C=O) groups excluding carboxylic acids is 1. The second-order valence-electron chi connectivity index (χ2n) is 6.43. The van der Waals surface area contributed by atoms with Crippen LogP contribution in [0.2, 0.25) is 0 Å². The van der Waals surface area contributed by atoms with Gasteiger partial charge >= 0.3 is 6.18 Å². The number of halogens is 3. The molecule has 1 amide bonds. The van der Waals surface area contributed by atoms with Crippen LogP contribution in [0.5, 0.6) is 0 Å². The third-order valence-corrected chi connectivity index (χ3v) is 6.08. The summed E-state index contributed by atoms with van der Waals surface area (Å²) in [6.45, 7) is 4.47. The van der Waals surface area contributed by atoms with Gasteiger partial charge in [-0.3, -0.25) is 4.79 Å². The number of nitrogens with one attached hydrogen (secondary N) is 1. The molecule has 0 aromatic heterocycles. The molecule has 0 radical (unpaired) electrons. The van der Waals surface area contributed by atoms with Crippen molar-refractivity contribution in [3.63, 3.8) is 0 Å². The van der Waals surface area contributed by atoms with Crippen LogP contribution >= 0.6 is 11.8 Å². The largest absolute Gasteiger partial charge is 0.416 e. The van der Waals surface area contributed by atoms with E-state index in [0.29, 0.717) is 12.5 Å². The molecule has 2 unspecified atom stereocenters. The van der Waals surface area contributed by atoms with Gasteiger partial charge in [0.1, 0.15) is 5.37 Å². The molecule has 0 saturated carbocycles. The third kappa shape index (κ3) is 3.72. The predicted octanol–water partition coefficient (Wildman–Crippen LogP) is 3.67. The van der Waals surface area contributed by atoms with Gasteiger partial charge in [0.05, 0.1) is 10.8 Å². The molecule has 2 atom stereocenters. The second-order valence-corrected chi connectivity index (χ2v) is 7.86. The SMILES string of the molecule is CC1SC(c2ccc(C(F)(F)F)cc2)N(CC2CCNCC2)C1=O. The van der Waals surface area contributed by atoms with E-state index in [0.717, 1.165) is 43.6 Å². The maximum absolute atomic E-state index is 12.7. The monoisotopic (exact) mass is 358 g/mol. The summed E-state index contributed by atoms with van der Waals surface area (Å²) >= 11 is 1.52. The lowest BCUT2D eigenvalue weighted by Crippen LogP contribution is -2.38. The van der Waals surface area contributed by atoms with E-state index in [4.69, 9.17) is 0 Å². The molecule has 0 spiro atoms. The van der Waals surface area contributed by atoms with E-state index >= 15 is 0 Å². The minimum Gasteiger partial charge on any atom is -0.325 e. The Kier molecular flexibility index (Phi) is 5.11. The summed E-state index contributed by atoms with van der Waals surface area (Å²) < 4.78 is 38.2. The molecular formula is C17H21F3N2OS. The quantitative estimate of drug-likeness (QED) is 0.895. The number of carbonyl (C=O) groups is 1. The highest BCUT2D eigenvalue weighted by Gasteiger charge is 2.40. The molecule has 2 saturated heterocycles. The summed E-state index contributed by atoms with van der Waals surface area (Å²) in [6, 6.07) is 5.21. The van der Waals surface area contributed by atoms with Crippen LogP contribution in [0, 0.1) is 5.92 Å². The van der Waals surface area contributed by atoms with Crippen LogP contribution in [-0.4, -0.2) is 35.7 Å². The zero-order valence-electron chi connectivity index (χ0n) is 13.5. The van der Waals surface area contributed by atoms with Crippen molar-refractivity contribution in [2.45, 2.75) is 36.6 Å². The third-order valence-electron chi connectivity index (χ3n) is 4.68. The molecule has 132 valence electrons. The Labute approximate surface area is 144 Å². The first kappa shape index (κ1) is 17.6. The molecule has 1 N–H and O–H groups in total. The standard InChI is InChI=1S/C17H21F3N2OS/c1-11-15(23)22(10-12-6-8-21-9-7-12)16(24-11)13-2-4-14(5-3-13)17(18,19)20/h2-5,11-12,16,21H,6-10H2,1H3. The van der Waals surface area contributed by atoms with Crippen LogP contribution in [0.25, 0.3) is 0 Å². The van der Waals surface area contributed by atoms with Gasteiger partial charge in [-0.2, -0.15) is 13.2 Å². The van der Waals surface area contributed by atoms with Crippen LogP contribution < -0.4 is 5.32 Å². The Hall–Kier alpha value is -1.21. The lowest BCUT2D eigenvalue weighted by atomic mass is 9.97. The molecule has 0 aliphatic carbocycles. The predicted molar refractivity (Wildman–Crippen MR) is 88.5 cm³/mol. The number of amides is 1. The number of thioether (sulfide) groups is 1. The van der Waals surface area contributed by atoms with Gasteiger partial charge in [-0.15, -0.1) is 11.8 Å². The molecule has 2 heterocycles. The number of rotatable bonds is 3. The highest BCUT2D eigenvalue weighted by atomic mass is 32.2. The number of benzene rings is 1. The molecule has 1 aromatic rings. The lowest BCUT2D eigenvalue weighted by Gasteiger charge is -2.31. The van der Waals surface area contributed by atoms with Crippen molar-refractivity contribution in [2.24, 2.45) is 5.92 Å². The number of hydrogen-bond acceptors (Lipinski definition) is 3. The van der Waals surface area contributed by atoms with E-state index in [-0.39, 0.29) is 16.5 Å². The van der Waals surface area contributed by atoms with Gasteiger partial charge in [-0.25, -0.2) is 0 Å². The second kappa shape index (κ2) is 6.96. The minimum absolute atomic E-state index is 0.0865. The average molecular weight is 358 g/mol. The van der Waals surface area contributed by atoms with Gasteiger partial charge in [0.25, 0.3) is 0 Å². The van der Waals surface area contributed by atoms with Crippen LogP contribution in [0.3, 0.4) is 0 Å². The van der Waals surface area contributed by atoms with Crippen LogP contribution in [0.15, 0.2) is 24.3 Å². The number of alkyl halides is 3. The molecule has 2 aliphatic heterocycles. The summed E-state index contributed by atoms with van der Waals surface area (Å²) in [6.07, 6.45) is -2.27. The Morgan fingerprint density at radius 1 is 1.21 bits per heavy atom. The van der Waals surface area contributed by atoms with E-state index in [9.17, 15) is 18.0 Å². The molecule has 3 rings (SSSR count). The van der Waals surface area contributed by atoms with Gasteiger partial charge < -0.3 is 10.2 Å². The van der Waals surface area contributed by atoms with Gasteiger partial charge in [-0.05, 0) is 56.5 Å². The molecule has 24 heavy (non-hydrogen) atoms. The zero-order chi connectivity index (χ0) is 17.3. The Morgan fingerprint density at radius 2 is 1.83 bits per heavy atom. The maximum Gasteiger partial charge on any atom is 0.416 e. The highest BCUT2D eigenvalue weighted by molar-refractivity contribution is 8.01. The first-order chi connectivity index (χ1) is 11.4. The first-order valence-corrected chi connectivity index (χ1v) is 9.14.